The molecule has 0 saturated heterocycles. The van der Waals surface area contributed by atoms with Gasteiger partial charge in [-0.3, -0.25) is 4.79 Å². The molecule has 0 aliphatic rings. The topological polar surface area (TPSA) is 37.3 Å². The molecule has 0 rings (SSSR count). The number of unbranched alkanes of at least 4 members (excludes halogenated alkanes) is 11. The summed E-state index contributed by atoms with van der Waals surface area (Å²) < 4.78 is 0. The van der Waals surface area contributed by atoms with Gasteiger partial charge >= 0.3 is 5.97 Å². The zero-order chi connectivity index (χ0) is 12.8. The lowest BCUT2D eigenvalue weighted by atomic mass is 10.0. The van der Waals surface area contributed by atoms with Crippen LogP contribution in [0.3, 0.4) is 0 Å². The highest BCUT2D eigenvalue weighted by Crippen LogP contribution is 2.12. The minimum Gasteiger partial charge on any atom is -0.481 e. The minimum absolute atomic E-state index is 0. The highest BCUT2D eigenvalue weighted by Gasteiger charge is 1.96. The maximum Gasteiger partial charge on any atom is 0.303 e. The smallest absolute Gasteiger partial charge is 0.303 e. The quantitative estimate of drug-likeness (QED) is 0.465. The van der Waals surface area contributed by atoms with Crippen molar-refractivity contribution in [1.29, 1.82) is 0 Å². The predicted molar refractivity (Wildman–Crippen MR) is 83.7 cm³/mol. The molecule has 0 radical (unpaired) electrons. The molecule has 0 aliphatic carbocycles. The molecule has 3 heteroatoms. The van der Waals surface area contributed by atoms with Gasteiger partial charge in [-0.2, -0.15) is 13.5 Å². The molecule has 0 bridgehead atoms. The molecule has 0 amide bonds. The Hall–Kier alpha value is -0.180. The molecule has 110 valence electrons. The molecule has 0 aromatic heterocycles. The molecule has 2 nitrogen and oxygen atoms in total. The first kappa shape index (κ1) is 20.1. The molecule has 0 spiro atoms. The molecule has 18 heavy (non-hydrogen) atoms. The van der Waals surface area contributed by atoms with Gasteiger partial charge in [0, 0.05) is 6.42 Å². The van der Waals surface area contributed by atoms with Crippen LogP contribution in [-0.4, -0.2) is 11.1 Å². The second kappa shape index (κ2) is 16.8. The summed E-state index contributed by atoms with van der Waals surface area (Å²) in [5.41, 5.74) is 0. The van der Waals surface area contributed by atoms with E-state index in [2.05, 4.69) is 6.92 Å². The van der Waals surface area contributed by atoms with Gasteiger partial charge in [0.1, 0.15) is 0 Å². The van der Waals surface area contributed by atoms with Crippen LogP contribution in [0.25, 0.3) is 0 Å². The van der Waals surface area contributed by atoms with Crippen LogP contribution < -0.4 is 0 Å². The first-order valence-electron chi connectivity index (χ1n) is 7.49. The van der Waals surface area contributed by atoms with Crippen molar-refractivity contribution in [3.05, 3.63) is 0 Å². The fourth-order valence-electron chi connectivity index (χ4n) is 2.12. The molecule has 0 aromatic carbocycles. The van der Waals surface area contributed by atoms with Gasteiger partial charge in [-0.25, -0.2) is 0 Å². The summed E-state index contributed by atoms with van der Waals surface area (Å²) in [6.45, 7) is 2.25. The van der Waals surface area contributed by atoms with Crippen LogP contribution >= 0.6 is 13.5 Å². The van der Waals surface area contributed by atoms with Gasteiger partial charge in [-0.15, -0.1) is 0 Å². The Morgan fingerprint density at radius 2 is 1.06 bits per heavy atom. The number of carboxylic acid groups (broad SMARTS) is 1. The number of hydrogen-bond acceptors (Lipinski definition) is 1. The monoisotopic (exact) mass is 276 g/mol. The Balaban J connectivity index is 0. The Kier molecular flexibility index (Phi) is 18.8. The lowest BCUT2D eigenvalue weighted by Crippen LogP contribution is -1.93. The van der Waals surface area contributed by atoms with Crippen LogP contribution in [0.4, 0.5) is 0 Å². The van der Waals surface area contributed by atoms with Gasteiger partial charge in [-0.05, 0) is 6.42 Å². The van der Waals surface area contributed by atoms with Crippen molar-refractivity contribution in [2.75, 3.05) is 0 Å². The van der Waals surface area contributed by atoms with Gasteiger partial charge in [0.15, 0.2) is 0 Å². The van der Waals surface area contributed by atoms with E-state index in [4.69, 9.17) is 5.11 Å². The predicted octanol–water partition coefficient (Wildman–Crippen LogP) is 5.28. The zero-order valence-electron chi connectivity index (χ0n) is 12.0. The van der Waals surface area contributed by atoms with Gasteiger partial charge in [0.25, 0.3) is 0 Å². The SMILES string of the molecule is CCCCCCCCCCCCCCC(=O)O.S. The highest BCUT2D eigenvalue weighted by molar-refractivity contribution is 7.59. The summed E-state index contributed by atoms with van der Waals surface area (Å²) in [6, 6.07) is 0. The Labute approximate surface area is 120 Å². The van der Waals surface area contributed by atoms with Crippen LogP contribution in [0, 0.1) is 0 Å². The number of aliphatic carboxylic acids is 1. The first-order valence-corrected chi connectivity index (χ1v) is 7.49. The summed E-state index contributed by atoms with van der Waals surface area (Å²) in [5, 5.41) is 8.47. The normalized spacial score (nSPS) is 10.1. The van der Waals surface area contributed by atoms with Crippen LogP contribution in [0.15, 0.2) is 0 Å². The van der Waals surface area contributed by atoms with E-state index in [-0.39, 0.29) is 13.5 Å². The van der Waals surface area contributed by atoms with E-state index in [0.717, 1.165) is 12.8 Å². The molecule has 0 saturated carbocycles. The first-order chi connectivity index (χ1) is 8.27. The Bertz CT molecular complexity index is 172. The number of carbonyl (C=O) groups is 1. The lowest BCUT2D eigenvalue weighted by molar-refractivity contribution is -0.137. The van der Waals surface area contributed by atoms with Gasteiger partial charge in [0.2, 0.25) is 0 Å². The van der Waals surface area contributed by atoms with Crippen molar-refractivity contribution in [2.24, 2.45) is 0 Å². The molecule has 0 aliphatic heterocycles. The van der Waals surface area contributed by atoms with Crippen molar-refractivity contribution in [3.63, 3.8) is 0 Å². The molecule has 0 unspecified atom stereocenters. The average Bonchev–Trinajstić information content (AvgIpc) is 2.30. The van der Waals surface area contributed by atoms with Crippen molar-refractivity contribution < 1.29 is 9.90 Å². The van der Waals surface area contributed by atoms with E-state index >= 15 is 0 Å². The van der Waals surface area contributed by atoms with Crippen LogP contribution in [0.5, 0.6) is 0 Å². The standard InChI is InChI=1S/C15H30O2.H2S/c1-2-3-4-5-6-7-8-9-10-11-12-13-14-15(16)17;/h2-14H2,1H3,(H,16,17);1H2. The lowest BCUT2D eigenvalue weighted by Gasteiger charge is -2.02. The van der Waals surface area contributed by atoms with Crippen molar-refractivity contribution >= 4 is 19.5 Å². The summed E-state index contributed by atoms with van der Waals surface area (Å²) in [5.74, 6) is -0.655. The molecular weight excluding hydrogens is 244 g/mol. The molecule has 1 N–H and O–H groups in total. The number of rotatable bonds is 13. The van der Waals surface area contributed by atoms with Crippen LogP contribution in [0.1, 0.15) is 90.4 Å². The van der Waals surface area contributed by atoms with E-state index in [1.807, 2.05) is 0 Å². The van der Waals surface area contributed by atoms with E-state index < -0.39 is 5.97 Å². The zero-order valence-corrected chi connectivity index (χ0v) is 13.0. The van der Waals surface area contributed by atoms with E-state index in [9.17, 15) is 4.79 Å². The van der Waals surface area contributed by atoms with Gasteiger partial charge < -0.3 is 5.11 Å². The molecule has 0 atom stereocenters. The number of hydrogen-bond donors (Lipinski definition) is 1. The Morgan fingerprint density at radius 3 is 1.39 bits per heavy atom. The van der Waals surface area contributed by atoms with Crippen molar-refractivity contribution in [1.82, 2.24) is 0 Å². The fraction of sp³-hybridized carbons (Fsp3) is 0.933. The van der Waals surface area contributed by atoms with Crippen LogP contribution in [0.2, 0.25) is 0 Å². The van der Waals surface area contributed by atoms with Crippen molar-refractivity contribution in [2.45, 2.75) is 90.4 Å². The highest BCUT2D eigenvalue weighted by atomic mass is 32.1. The number of carboxylic acids is 1. The average molecular weight is 276 g/mol. The van der Waals surface area contributed by atoms with Crippen molar-refractivity contribution in [3.8, 4) is 0 Å². The largest absolute Gasteiger partial charge is 0.481 e. The maximum atomic E-state index is 10.3. The third-order valence-electron chi connectivity index (χ3n) is 3.24. The molecule has 0 aromatic rings. The molecule has 0 fully saturated rings. The molecular formula is C15H32O2S. The van der Waals surface area contributed by atoms with Crippen LogP contribution in [-0.2, 0) is 4.79 Å². The van der Waals surface area contributed by atoms with E-state index in [0.29, 0.717) is 6.42 Å². The maximum absolute atomic E-state index is 10.3. The summed E-state index contributed by atoms with van der Waals surface area (Å²) >= 11 is 0. The second-order valence-corrected chi connectivity index (χ2v) is 5.03. The Morgan fingerprint density at radius 1 is 0.722 bits per heavy atom. The van der Waals surface area contributed by atoms with Gasteiger partial charge in [-0.1, -0.05) is 77.6 Å². The summed E-state index contributed by atoms with van der Waals surface area (Å²) in [7, 11) is 0. The van der Waals surface area contributed by atoms with Gasteiger partial charge in [0.05, 0.1) is 0 Å². The minimum atomic E-state index is -0.655. The fourth-order valence-corrected chi connectivity index (χ4v) is 2.12. The molecule has 0 heterocycles. The van der Waals surface area contributed by atoms with E-state index in [1.54, 1.807) is 0 Å². The van der Waals surface area contributed by atoms with E-state index in [1.165, 1.54) is 64.2 Å². The summed E-state index contributed by atoms with van der Waals surface area (Å²) in [6.07, 6.45) is 15.8. The summed E-state index contributed by atoms with van der Waals surface area (Å²) in [4.78, 5) is 10.3. The second-order valence-electron chi connectivity index (χ2n) is 5.03. The third kappa shape index (κ3) is 18.2. The third-order valence-corrected chi connectivity index (χ3v) is 3.24.